The highest BCUT2D eigenvalue weighted by Gasteiger charge is 2.32. The molecule has 0 amide bonds. The van der Waals surface area contributed by atoms with E-state index in [1.807, 2.05) is 60.7 Å². The Labute approximate surface area is 253 Å². The number of rotatable bonds is 10. The second kappa shape index (κ2) is 12.9. The van der Waals surface area contributed by atoms with E-state index < -0.39 is 16.3 Å². The van der Waals surface area contributed by atoms with Gasteiger partial charge in [-0.3, -0.25) is 4.98 Å². The summed E-state index contributed by atoms with van der Waals surface area (Å²) in [6, 6.07) is 23.9. The number of ether oxygens (including phenoxy) is 2. The van der Waals surface area contributed by atoms with Gasteiger partial charge in [0, 0.05) is 42.9 Å². The summed E-state index contributed by atoms with van der Waals surface area (Å²) in [5.74, 6) is 0.627. The van der Waals surface area contributed by atoms with Crippen molar-refractivity contribution in [2.45, 2.75) is 48.1 Å². The van der Waals surface area contributed by atoms with Gasteiger partial charge in [0.25, 0.3) is 0 Å². The van der Waals surface area contributed by atoms with E-state index >= 15 is 0 Å². The predicted octanol–water partition coefficient (Wildman–Crippen LogP) is 4.07. The standard InChI is InChI=1S/C30H30N6O5S2/c1-36-30(33-34-35-36)42-19-25-16-26(22-11-9-21(18-37)10-12-22)41-29(40-25)24-13-7-20(8-14-24)17-32-43(38,39)27-6-2-4-23-5-3-15-31-28(23)27/h2-15,25-26,29,32,37H,16-19H2,1H3/t25-,26+,29?/m0/s1. The fourth-order valence-electron chi connectivity index (χ4n) is 4.88. The Balaban J connectivity index is 1.16. The Bertz CT molecular complexity index is 1790. The Morgan fingerprint density at radius 1 is 0.977 bits per heavy atom. The molecule has 222 valence electrons. The third-order valence-corrected chi connectivity index (χ3v) is 9.77. The van der Waals surface area contributed by atoms with Crippen LogP contribution in [0.25, 0.3) is 10.9 Å². The number of nitrogens with one attached hydrogen (secondary N) is 1. The van der Waals surface area contributed by atoms with E-state index in [0.717, 1.165) is 27.6 Å². The molecule has 11 nitrogen and oxygen atoms in total. The number of hydrogen-bond acceptors (Lipinski definition) is 10. The number of sulfonamides is 1. The molecule has 3 aromatic carbocycles. The van der Waals surface area contributed by atoms with Crippen LogP contribution in [-0.2, 0) is 39.7 Å². The fraction of sp³-hybridized carbons (Fsp3) is 0.267. The molecule has 0 saturated carbocycles. The third-order valence-electron chi connectivity index (χ3n) is 7.20. The first kappa shape index (κ1) is 29.4. The summed E-state index contributed by atoms with van der Waals surface area (Å²) in [6.45, 7) is 0.0902. The molecule has 0 bridgehead atoms. The van der Waals surface area contributed by atoms with Crippen LogP contribution in [0.2, 0.25) is 0 Å². The van der Waals surface area contributed by atoms with Crippen molar-refractivity contribution in [1.82, 2.24) is 29.9 Å². The molecule has 1 aliphatic rings. The zero-order valence-corrected chi connectivity index (χ0v) is 24.9. The molecule has 1 unspecified atom stereocenters. The van der Waals surface area contributed by atoms with Gasteiger partial charge in [-0.15, -0.1) is 5.10 Å². The summed E-state index contributed by atoms with van der Waals surface area (Å²) in [5, 5.41) is 22.6. The van der Waals surface area contributed by atoms with Crippen molar-refractivity contribution in [2.75, 3.05) is 5.75 Å². The van der Waals surface area contributed by atoms with Gasteiger partial charge in [0.1, 0.15) is 4.90 Å². The van der Waals surface area contributed by atoms with Crippen LogP contribution < -0.4 is 4.72 Å². The third kappa shape index (κ3) is 6.77. The average Bonchev–Trinajstić information content (AvgIpc) is 3.47. The molecule has 2 N–H and O–H groups in total. The maximum Gasteiger partial charge on any atom is 0.243 e. The summed E-state index contributed by atoms with van der Waals surface area (Å²) in [6.07, 6.45) is 1.21. The van der Waals surface area contributed by atoms with Gasteiger partial charge in [0.2, 0.25) is 15.2 Å². The van der Waals surface area contributed by atoms with E-state index in [9.17, 15) is 13.5 Å². The quantitative estimate of drug-likeness (QED) is 0.220. The second-order valence-corrected chi connectivity index (χ2v) is 12.9. The lowest BCUT2D eigenvalue weighted by Gasteiger charge is -2.36. The number of nitrogens with zero attached hydrogens (tertiary/aromatic N) is 5. The lowest BCUT2D eigenvalue weighted by molar-refractivity contribution is -0.245. The van der Waals surface area contributed by atoms with Crippen molar-refractivity contribution in [3.8, 4) is 0 Å². The van der Waals surface area contributed by atoms with Gasteiger partial charge in [-0.05, 0) is 39.2 Å². The number of hydrogen-bond donors (Lipinski definition) is 2. The predicted molar refractivity (Wildman–Crippen MR) is 160 cm³/mol. The molecule has 43 heavy (non-hydrogen) atoms. The smallest absolute Gasteiger partial charge is 0.243 e. The minimum Gasteiger partial charge on any atom is -0.392 e. The zero-order chi connectivity index (χ0) is 29.8. The Morgan fingerprint density at radius 2 is 1.72 bits per heavy atom. The number of aliphatic hydroxyl groups excluding tert-OH is 1. The van der Waals surface area contributed by atoms with E-state index in [1.54, 1.807) is 36.1 Å². The van der Waals surface area contributed by atoms with E-state index in [1.165, 1.54) is 11.8 Å². The molecule has 1 saturated heterocycles. The number of thioether (sulfide) groups is 1. The van der Waals surface area contributed by atoms with Gasteiger partial charge >= 0.3 is 0 Å². The highest BCUT2D eigenvalue weighted by atomic mass is 32.2. The number of aryl methyl sites for hydroxylation is 1. The van der Waals surface area contributed by atoms with Crippen molar-refractivity contribution in [3.05, 3.63) is 107 Å². The van der Waals surface area contributed by atoms with Crippen molar-refractivity contribution in [3.63, 3.8) is 0 Å². The molecule has 0 aliphatic carbocycles. The first-order valence-corrected chi connectivity index (χ1v) is 16.1. The van der Waals surface area contributed by atoms with Crippen LogP contribution >= 0.6 is 11.8 Å². The van der Waals surface area contributed by atoms with Gasteiger partial charge in [0.15, 0.2) is 6.29 Å². The number of tetrazole rings is 1. The maximum absolute atomic E-state index is 13.1. The van der Waals surface area contributed by atoms with Gasteiger partial charge in [-0.1, -0.05) is 78.5 Å². The summed E-state index contributed by atoms with van der Waals surface area (Å²) >= 11 is 1.51. The normalized spacial score (nSPS) is 19.1. The Morgan fingerprint density at radius 3 is 2.47 bits per heavy atom. The lowest BCUT2D eigenvalue weighted by atomic mass is 10.0. The Hall–Kier alpha value is -3.72. The van der Waals surface area contributed by atoms with Crippen LogP contribution in [0.5, 0.6) is 0 Å². The van der Waals surface area contributed by atoms with Crippen LogP contribution in [0.3, 0.4) is 0 Å². The molecule has 2 aromatic heterocycles. The summed E-state index contributed by atoms with van der Waals surface area (Å²) < 4.78 is 43.4. The summed E-state index contributed by atoms with van der Waals surface area (Å²) in [4.78, 5) is 4.41. The molecule has 0 radical (unpaired) electrons. The lowest BCUT2D eigenvalue weighted by Crippen LogP contribution is -2.31. The molecular formula is C30H30N6O5S2. The van der Waals surface area contributed by atoms with E-state index in [4.69, 9.17) is 9.47 Å². The molecule has 3 heterocycles. The fourth-order valence-corrected chi connectivity index (χ4v) is 6.94. The van der Waals surface area contributed by atoms with Gasteiger partial charge in [-0.25, -0.2) is 17.8 Å². The number of para-hydroxylation sites is 1. The second-order valence-electron chi connectivity index (χ2n) is 10.1. The first-order chi connectivity index (χ1) is 20.9. The summed E-state index contributed by atoms with van der Waals surface area (Å²) in [5.41, 5.74) is 3.86. The van der Waals surface area contributed by atoms with Crippen LogP contribution in [0.1, 0.15) is 41.1 Å². The number of pyridine rings is 1. The largest absolute Gasteiger partial charge is 0.392 e. The van der Waals surface area contributed by atoms with Crippen molar-refractivity contribution >= 4 is 32.7 Å². The minimum atomic E-state index is -3.79. The highest BCUT2D eigenvalue weighted by Crippen LogP contribution is 2.39. The molecule has 5 aromatic rings. The van der Waals surface area contributed by atoms with Crippen molar-refractivity contribution in [2.24, 2.45) is 7.05 Å². The molecule has 6 rings (SSSR count). The maximum atomic E-state index is 13.1. The van der Waals surface area contributed by atoms with Gasteiger partial charge in [-0.2, -0.15) is 0 Å². The molecule has 0 spiro atoms. The van der Waals surface area contributed by atoms with Crippen LogP contribution in [-0.4, -0.2) is 50.6 Å². The van der Waals surface area contributed by atoms with Crippen LogP contribution in [0, 0.1) is 0 Å². The van der Waals surface area contributed by atoms with E-state index in [0.29, 0.717) is 22.8 Å². The highest BCUT2D eigenvalue weighted by molar-refractivity contribution is 7.99. The number of aliphatic hydroxyl groups is 1. The Kier molecular flexibility index (Phi) is 8.79. The van der Waals surface area contributed by atoms with Crippen molar-refractivity contribution in [1.29, 1.82) is 0 Å². The molecule has 1 aliphatic heterocycles. The van der Waals surface area contributed by atoms with Crippen LogP contribution in [0.15, 0.2) is 95.1 Å². The van der Waals surface area contributed by atoms with Crippen LogP contribution in [0.4, 0.5) is 0 Å². The number of aromatic nitrogens is 5. The topological polar surface area (TPSA) is 141 Å². The molecular weight excluding hydrogens is 589 g/mol. The minimum absolute atomic E-state index is 0.0239. The molecule has 1 fully saturated rings. The zero-order valence-electron chi connectivity index (χ0n) is 23.3. The van der Waals surface area contributed by atoms with Gasteiger partial charge in [0.05, 0.1) is 24.3 Å². The monoisotopic (exact) mass is 618 g/mol. The van der Waals surface area contributed by atoms with Gasteiger partial charge < -0.3 is 14.6 Å². The van der Waals surface area contributed by atoms with Crippen molar-refractivity contribution < 1.29 is 23.0 Å². The van der Waals surface area contributed by atoms with E-state index in [2.05, 4.69) is 25.2 Å². The van der Waals surface area contributed by atoms with E-state index in [-0.39, 0.29) is 30.3 Å². The average molecular weight is 619 g/mol. The number of benzene rings is 3. The summed E-state index contributed by atoms with van der Waals surface area (Å²) in [7, 11) is -2.00. The number of fused-ring (bicyclic) bond motifs is 1. The molecule has 13 heteroatoms. The SMILES string of the molecule is Cn1nnnc1SC[C@@H]1C[C@H](c2ccc(CO)cc2)OC(c2ccc(CNS(=O)(=O)c3cccc4cccnc34)cc2)O1. The first-order valence-electron chi connectivity index (χ1n) is 13.7. The molecule has 3 atom stereocenters.